The second-order valence-corrected chi connectivity index (χ2v) is 6.39. The molecule has 1 aliphatic carbocycles. The van der Waals surface area contributed by atoms with Crippen molar-refractivity contribution >= 4 is 23.5 Å². The van der Waals surface area contributed by atoms with Crippen LogP contribution in [-0.4, -0.2) is 47.0 Å². The van der Waals surface area contributed by atoms with E-state index in [1.54, 1.807) is 11.8 Å². The fourth-order valence-corrected chi connectivity index (χ4v) is 4.14. The van der Waals surface area contributed by atoms with Crippen molar-refractivity contribution in [1.82, 2.24) is 9.80 Å². The van der Waals surface area contributed by atoms with E-state index in [4.69, 9.17) is 0 Å². The van der Waals surface area contributed by atoms with Gasteiger partial charge in [0.1, 0.15) is 0 Å². The minimum Gasteiger partial charge on any atom is -0.361 e. The molecule has 3 rings (SSSR count). The third-order valence-corrected chi connectivity index (χ3v) is 5.44. The van der Waals surface area contributed by atoms with Crippen LogP contribution in [0.1, 0.15) is 25.7 Å². The predicted molar refractivity (Wildman–Crippen MR) is 75.4 cm³/mol. The number of nitrogens with zero attached hydrogens (tertiary/aromatic N) is 2. The summed E-state index contributed by atoms with van der Waals surface area (Å²) in [5.74, 6) is 0.508. The summed E-state index contributed by atoms with van der Waals surface area (Å²) in [6.07, 6.45) is 7.11. The molecule has 2 aliphatic heterocycles. The van der Waals surface area contributed by atoms with E-state index in [0.29, 0.717) is 12.8 Å². The van der Waals surface area contributed by atoms with Crippen LogP contribution >= 0.6 is 11.8 Å². The highest BCUT2D eigenvalue weighted by Crippen LogP contribution is 2.41. The monoisotopic (exact) mass is 278 g/mol. The maximum atomic E-state index is 11.9. The zero-order valence-corrected chi connectivity index (χ0v) is 11.9. The van der Waals surface area contributed by atoms with E-state index in [-0.39, 0.29) is 17.1 Å². The Morgan fingerprint density at radius 2 is 2.26 bits per heavy atom. The molecular formula is C14H18N2O2S. The molecule has 1 amide bonds. The number of Topliss-reactive ketones (excluding diaryl/α,β-unsaturated/α-hetero) is 1. The highest BCUT2D eigenvalue weighted by Gasteiger charge is 2.34. The Kier molecular flexibility index (Phi) is 3.39. The molecule has 0 aromatic carbocycles. The second-order valence-electron chi connectivity index (χ2n) is 5.20. The van der Waals surface area contributed by atoms with Crippen LogP contribution in [0.15, 0.2) is 22.8 Å². The summed E-state index contributed by atoms with van der Waals surface area (Å²) in [5, 5.41) is 0.282. The fraction of sp³-hybridized carbons (Fsp3) is 0.571. The number of allylic oxidation sites excluding steroid dienone is 3. The van der Waals surface area contributed by atoms with Crippen molar-refractivity contribution in [3.8, 4) is 0 Å². The molecule has 1 saturated heterocycles. The number of thioether (sulfide) groups is 1. The van der Waals surface area contributed by atoms with Crippen molar-refractivity contribution in [2.45, 2.75) is 31.1 Å². The zero-order valence-electron chi connectivity index (χ0n) is 11.1. The number of likely N-dealkylation sites (tertiary alicyclic amines) is 1. The van der Waals surface area contributed by atoms with Gasteiger partial charge < -0.3 is 9.80 Å². The van der Waals surface area contributed by atoms with Gasteiger partial charge in [-0.2, -0.15) is 0 Å². The molecule has 102 valence electrons. The van der Waals surface area contributed by atoms with Crippen molar-refractivity contribution in [2.24, 2.45) is 0 Å². The lowest BCUT2D eigenvalue weighted by atomic mass is 10.1. The first-order valence-corrected chi connectivity index (χ1v) is 7.66. The molecule has 0 bridgehead atoms. The number of likely N-dealkylation sites (N-methyl/N-ethyl adjacent to an activating group) is 1. The maximum Gasteiger partial charge on any atom is 0.222 e. The summed E-state index contributed by atoms with van der Waals surface area (Å²) in [5.41, 5.74) is 1.05. The molecule has 5 heteroatoms. The first-order valence-electron chi connectivity index (χ1n) is 6.78. The van der Waals surface area contributed by atoms with E-state index in [1.165, 1.54) is 0 Å². The maximum absolute atomic E-state index is 11.9. The Hall–Kier alpha value is -1.23. The van der Waals surface area contributed by atoms with Crippen LogP contribution < -0.4 is 0 Å². The third-order valence-electron chi connectivity index (χ3n) is 3.95. The Morgan fingerprint density at radius 3 is 2.95 bits per heavy atom. The van der Waals surface area contributed by atoms with Crippen LogP contribution in [0.5, 0.6) is 0 Å². The lowest BCUT2D eigenvalue weighted by Crippen LogP contribution is -2.31. The second kappa shape index (κ2) is 5.04. The number of hydrogen-bond donors (Lipinski definition) is 0. The molecule has 0 spiro atoms. The Labute approximate surface area is 117 Å². The van der Waals surface area contributed by atoms with Gasteiger partial charge in [0.05, 0.1) is 16.0 Å². The van der Waals surface area contributed by atoms with E-state index in [1.807, 2.05) is 24.1 Å². The lowest BCUT2D eigenvalue weighted by Gasteiger charge is -2.25. The van der Waals surface area contributed by atoms with E-state index in [2.05, 4.69) is 4.90 Å². The van der Waals surface area contributed by atoms with Gasteiger partial charge in [-0.05, 0) is 18.9 Å². The number of amides is 1. The number of rotatable bonds is 3. The van der Waals surface area contributed by atoms with Crippen LogP contribution in [0.4, 0.5) is 0 Å². The third kappa shape index (κ3) is 2.31. The smallest absolute Gasteiger partial charge is 0.222 e. The number of carbonyl (C=O) groups is 2. The molecule has 3 aliphatic rings. The highest BCUT2D eigenvalue weighted by atomic mass is 32.2. The largest absolute Gasteiger partial charge is 0.361 e. The normalized spacial score (nSPS) is 26.7. The molecule has 0 aromatic heterocycles. The molecule has 1 unspecified atom stereocenters. The van der Waals surface area contributed by atoms with Gasteiger partial charge in [-0.1, -0.05) is 17.8 Å². The summed E-state index contributed by atoms with van der Waals surface area (Å²) < 4.78 is 0. The van der Waals surface area contributed by atoms with Crippen molar-refractivity contribution < 1.29 is 9.59 Å². The Balaban J connectivity index is 1.61. The summed E-state index contributed by atoms with van der Waals surface area (Å²) in [4.78, 5) is 28.5. The van der Waals surface area contributed by atoms with E-state index in [0.717, 1.165) is 36.5 Å². The van der Waals surface area contributed by atoms with Crippen LogP contribution in [0.3, 0.4) is 0 Å². The van der Waals surface area contributed by atoms with Gasteiger partial charge in [0.25, 0.3) is 0 Å². The van der Waals surface area contributed by atoms with Gasteiger partial charge in [-0.3, -0.25) is 9.59 Å². The Bertz CT molecular complexity index is 484. The number of carbonyl (C=O) groups excluding carboxylic acids is 2. The molecule has 4 nitrogen and oxygen atoms in total. The predicted octanol–water partition coefficient (Wildman–Crippen LogP) is 1.74. The minimum atomic E-state index is 0.231. The first kappa shape index (κ1) is 12.8. The summed E-state index contributed by atoms with van der Waals surface area (Å²) in [7, 11) is 2.04. The summed E-state index contributed by atoms with van der Waals surface area (Å²) >= 11 is 1.66. The fourth-order valence-electron chi connectivity index (χ4n) is 2.82. The number of hydrogen-bond acceptors (Lipinski definition) is 4. The molecule has 1 atom stereocenters. The van der Waals surface area contributed by atoms with Gasteiger partial charge in [0.2, 0.25) is 5.91 Å². The topological polar surface area (TPSA) is 40.6 Å². The summed E-state index contributed by atoms with van der Waals surface area (Å²) in [6.45, 7) is 1.70. The average Bonchev–Trinajstić information content (AvgIpc) is 2.94. The zero-order chi connectivity index (χ0) is 13.4. The molecule has 0 N–H and O–H groups in total. The standard InChI is InChI=1S/C14H18N2O2S/c1-15-10-4-2-5-11(17)14(10)19-13(15)7-9-16-8-3-6-12(16)18/h2,4,13H,3,5-9H2,1H3. The van der Waals surface area contributed by atoms with Gasteiger partial charge >= 0.3 is 0 Å². The molecule has 2 heterocycles. The van der Waals surface area contributed by atoms with E-state index in [9.17, 15) is 9.59 Å². The van der Waals surface area contributed by atoms with Crippen LogP contribution in [0.2, 0.25) is 0 Å². The van der Waals surface area contributed by atoms with Crippen molar-refractivity contribution in [3.05, 3.63) is 22.8 Å². The molecule has 1 fully saturated rings. The van der Waals surface area contributed by atoms with Crippen LogP contribution in [0.25, 0.3) is 0 Å². The van der Waals surface area contributed by atoms with Crippen LogP contribution in [-0.2, 0) is 9.59 Å². The SMILES string of the molecule is CN1C2=C(SC1CCN1CCCC1=O)C(=O)CC=C2. The van der Waals surface area contributed by atoms with Gasteiger partial charge in [-0.15, -0.1) is 0 Å². The minimum absolute atomic E-state index is 0.231. The van der Waals surface area contributed by atoms with Crippen molar-refractivity contribution in [1.29, 1.82) is 0 Å². The molecule has 0 saturated carbocycles. The average molecular weight is 278 g/mol. The molecule has 0 radical (unpaired) electrons. The Morgan fingerprint density at radius 1 is 1.42 bits per heavy atom. The van der Waals surface area contributed by atoms with Crippen LogP contribution in [0, 0.1) is 0 Å². The lowest BCUT2D eigenvalue weighted by molar-refractivity contribution is -0.127. The van der Waals surface area contributed by atoms with E-state index < -0.39 is 0 Å². The molecular weight excluding hydrogens is 260 g/mol. The van der Waals surface area contributed by atoms with Gasteiger partial charge in [0, 0.05) is 33.0 Å². The quantitative estimate of drug-likeness (QED) is 0.788. The van der Waals surface area contributed by atoms with Crippen molar-refractivity contribution in [3.63, 3.8) is 0 Å². The summed E-state index contributed by atoms with van der Waals surface area (Å²) in [6, 6.07) is 0. The molecule has 0 aromatic rings. The van der Waals surface area contributed by atoms with Gasteiger partial charge in [0.15, 0.2) is 5.78 Å². The van der Waals surface area contributed by atoms with Crippen molar-refractivity contribution in [2.75, 3.05) is 20.1 Å². The van der Waals surface area contributed by atoms with Gasteiger partial charge in [-0.25, -0.2) is 0 Å². The van der Waals surface area contributed by atoms with E-state index >= 15 is 0 Å². The number of ketones is 1. The molecule has 19 heavy (non-hydrogen) atoms. The highest BCUT2D eigenvalue weighted by molar-refractivity contribution is 8.04. The first-order chi connectivity index (χ1) is 9.16.